The van der Waals surface area contributed by atoms with Crippen molar-refractivity contribution in [2.45, 2.75) is 0 Å². The van der Waals surface area contributed by atoms with E-state index in [0.717, 1.165) is 0 Å². The van der Waals surface area contributed by atoms with Gasteiger partial charge in [-0.2, -0.15) is 0 Å². The fraction of sp³-hybridized carbons (Fsp3) is 0.100. The fourth-order valence-electron chi connectivity index (χ4n) is 0.910. The zero-order valence-corrected chi connectivity index (χ0v) is 7.24. The molecule has 3 nitrogen and oxygen atoms in total. The molecule has 0 aliphatic carbocycles. The Morgan fingerprint density at radius 3 is 2.00 bits per heavy atom. The molecule has 0 aromatic heterocycles. The second-order valence-electron chi connectivity index (χ2n) is 2.49. The molecular weight excluding hydrogens is 168 g/mol. The molecule has 0 aliphatic rings. The molecule has 0 saturated heterocycles. The summed E-state index contributed by atoms with van der Waals surface area (Å²) in [5, 5.41) is 0. The van der Waals surface area contributed by atoms with Gasteiger partial charge in [-0.25, -0.2) is 4.79 Å². The number of rotatable bonds is 2. The number of benzene rings is 1. The van der Waals surface area contributed by atoms with Crippen LogP contribution in [0.3, 0.4) is 0 Å². The highest BCUT2D eigenvalue weighted by Gasteiger charge is 2.05. The average molecular weight is 177 g/mol. The SMILES string of the molecule is [CH2]C(=O)c1ccc(C(=O)OC)cc1. The summed E-state index contributed by atoms with van der Waals surface area (Å²) in [5.41, 5.74) is 0.903. The Hall–Kier alpha value is -1.64. The average Bonchev–Trinajstić information content (AvgIpc) is 2.17. The lowest BCUT2D eigenvalue weighted by Gasteiger charge is -1.99. The topological polar surface area (TPSA) is 43.4 Å². The molecule has 1 aromatic carbocycles. The molecule has 3 heteroatoms. The Balaban J connectivity index is 2.93. The van der Waals surface area contributed by atoms with Crippen molar-refractivity contribution in [3.8, 4) is 0 Å². The highest BCUT2D eigenvalue weighted by atomic mass is 16.5. The summed E-state index contributed by atoms with van der Waals surface area (Å²) in [6, 6.07) is 6.15. The fourth-order valence-corrected chi connectivity index (χ4v) is 0.910. The van der Waals surface area contributed by atoms with Crippen LogP contribution in [0.4, 0.5) is 0 Å². The van der Waals surface area contributed by atoms with E-state index in [4.69, 9.17) is 0 Å². The molecule has 0 heterocycles. The van der Waals surface area contributed by atoms with Crippen molar-refractivity contribution in [2.75, 3.05) is 7.11 Å². The lowest BCUT2D eigenvalue weighted by Crippen LogP contribution is -2.01. The predicted molar refractivity (Wildman–Crippen MR) is 47.5 cm³/mol. The minimum absolute atomic E-state index is 0.267. The molecule has 13 heavy (non-hydrogen) atoms. The molecule has 67 valence electrons. The largest absolute Gasteiger partial charge is 0.465 e. The van der Waals surface area contributed by atoms with Gasteiger partial charge in [-0.15, -0.1) is 0 Å². The summed E-state index contributed by atoms with van der Waals surface area (Å²) in [6.45, 7) is 3.25. The molecule has 0 spiro atoms. The van der Waals surface area contributed by atoms with Gasteiger partial charge in [0.25, 0.3) is 0 Å². The minimum atomic E-state index is -0.414. The van der Waals surface area contributed by atoms with Gasteiger partial charge in [-0.1, -0.05) is 12.1 Å². The molecule has 1 aromatic rings. The quantitative estimate of drug-likeness (QED) is 0.507. The van der Waals surface area contributed by atoms with Crippen LogP contribution in [0.5, 0.6) is 0 Å². The number of methoxy groups -OCH3 is 1. The summed E-state index contributed by atoms with van der Waals surface area (Å²) in [7, 11) is 1.31. The maximum absolute atomic E-state index is 11.0. The molecule has 0 N–H and O–H groups in total. The van der Waals surface area contributed by atoms with E-state index in [2.05, 4.69) is 11.7 Å². The number of carbonyl (C=O) groups is 2. The molecule has 0 fully saturated rings. The van der Waals surface area contributed by atoms with Gasteiger partial charge in [-0.05, 0) is 12.1 Å². The summed E-state index contributed by atoms with van der Waals surface area (Å²) in [5.74, 6) is -0.681. The summed E-state index contributed by atoms with van der Waals surface area (Å²) in [4.78, 5) is 21.7. The Kier molecular flexibility index (Phi) is 2.80. The number of esters is 1. The van der Waals surface area contributed by atoms with E-state index in [9.17, 15) is 9.59 Å². The van der Waals surface area contributed by atoms with Gasteiger partial charge in [0.15, 0.2) is 5.78 Å². The van der Waals surface area contributed by atoms with Crippen LogP contribution in [0.15, 0.2) is 24.3 Å². The number of carbonyl (C=O) groups excluding carboxylic acids is 2. The molecule has 0 atom stereocenters. The molecule has 0 saturated carbocycles. The van der Waals surface area contributed by atoms with Crippen molar-refractivity contribution in [3.05, 3.63) is 42.3 Å². The summed E-state index contributed by atoms with van der Waals surface area (Å²) in [6.07, 6.45) is 0. The van der Waals surface area contributed by atoms with Gasteiger partial charge in [0.1, 0.15) is 0 Å². The van der Waals surface area contributed by atoms with E-state index < -0.39 is 5.97 Å². The van der Waals surface area contributed by atoms with Crippen molar-refractivity contribution in [1.82, 2.24) is 0 Å². The normalized spacial score (nSPS) is 9.38. The van der Waals surface area contributed by atoms with Gasteiger partial charge in [-0.3, -0.25) is 4.79 Å². The van der Waals surface area contributed by atoms with Gasteiger partial charge in [0.05, 0.1) is 12.7 Å². The molecule has 0 aliphatic heterocycles. The third kappa shape index (κ3) is 2.15. The number of Topliss-reactive ketones (excluding diaryl/α,β-unsaturated/α-hetero) is 1. The highest BCUT2D eigenvalue weighted by molar-refractivity contribution is 6.00. The molecule has 1 rings (SSSR count). The Bertz CT molecular complexity index is 325. The maximum Gasteiger partial charge on any atom is 0.337 e. The first-order valence-corrected chi connectivity index (χ1v) is 3.70. The van der Waals surface area contributed by atoms with Crippen LogP contribution in [0.2, 0.25) is 0 Å². The lowest BCUT2D eigenvalue weighted by molar-refractivity contribution is 0.0600. The van der Waals surface area contributed by atoms with Crippen molar-refractivity contribution in [2.24, 2.45) is 0 Å². The third-order valence-electron chi connectivity index (χ3n) is 1.63. The maximum atomic E-state index is 11.0. The minimum Gasteiger partial charge on any atom is -0.465 e. The molecule has 0 unspecified atom stereocenters. The first kappa shape index (κ1) is 9.45. The van der Waals surface area contributed by atoms with Crippen molar-refractivity contribution >= 4 is 11.8 Å². The van der Waals surface area contributed by atoms with Crippen molar-refractivity contribution in [1.29, 1.82) is 0 Å². The van der Waals surface area contributed by atoms with Crippen LogP contribution < -0.4 is 0 Å². The van der Waals surface area contributed by atoms with Gasteiger partial charge in [0.2, 0.25) is 0 Å². The third-order valence-corrected chi connectivity index (χ3v) is 1.63. The van der Waals surface area contributed by atoms with Crippen LogP contribution in [0.25, 0.3) is 0 Å². The zero-order valence-electron chi connectivity index (χ0n) is 7.24. The van der Waals surface area contributed by atoms with Crippen LogP contribution >= 0.6 is 0 Å². The van der Waals surface area contributed by atoms with E-state index in [1.165, 1.54) is 19.2 Å². The Morgan fingerprint density at radius 1 is 1.15 bits per heavy atom. The molecular formula is C10H9O3. The van der Waals surface area contributed by atoms with Crippen molar-refractivity contribution in [3.63, 3.8) is 0 Å². The van der Waals surface area contributed by atoms with E-state index in [0.29, 0.717) is 11.1 Å². The summed E-state index contributed by atoms with van der Waals surface area (Å²) >= 11 is 0. The van der Waals surface area contributed by atoms with E-state index >= 15 is 0 Å². The van der Waals surface area contributed by atoms with E-state index in [1.807, 2.05) is 0 Å². The van der Waals surface area contributed by atoms with E-state index in [-0.39, 0.29) is 5.78 Å². The number of hydrogen-bond donors (Lipinski definition) is 0. The second-order valence-corrected chi connectivity index (χ2v) is 2.49. The van der Waals surface area contributed by atoms with Crippen LogP contribution in [0, 0.1) is 6.92 Å². The Labute approximate surface area is 76.3 Å². The number of hydrogen-bond acceptors (Lipinski definition) is 3. The predicted octanol–water partition coefficient (Wildman–Crippen LogP) is 1.49. The monoisotopic (exact) mass is 177 g/mol. The number of ketones is 1. The highest BCUT2D eigenvalue weighted by Crippen LogP contribution is 2.05. The van der Waals surface area contributed by atoms with E-state index in [1.54, 1.807) is 12.1 Å². The van der Waals surface area contributed by atoms with Gasteiger partial charge in [0, 0.05) is 12.5 Å². The molecule has 0 amide bonds. The summed E-state index contributed by atoms with van der Waals surface area (Å²) < 4.78 is 4.50. The molecule has 0 bridgehead atoms. The second kappa shape index (κ2) is 3.85. The smallest absolute Gasteiger partial charge is 0.337 e. The first-order valence-electron chi connectivity index (χ1n) is 3.70. The number of ether oxygens (including phenoxy) is 1. The van der Waals surface area contributed by atoms with Gasteiger partial charge < -0.3 is 4.74 Å². The molecule has 1 radical (unpaired) electrons. The Morgan fingerprint density at radius 2 is 1.62 bits per heavy atom. The standard InChI is InChI=1S/C10H9O3/c1-7(11)8-3-5-9(6-4-8)10(12)13-2/h3-6H,1H2,2H3. The lowest BCUT2D eigenvalue weighted by atomic mass is 10.1. The first-order chi connectivity index (χ1) is 6.15. The zero-order chi connectivity index (χ0) is 9.84. The van der Waals surface area contributed by atoms with Crippen LogP contribution in [-0.4, -0.2) is 18.9 Å². The van der Waals surface area contributed by atoms with Crippen LogP contribution in [0.1, 0.15) is 20.7 Å². The van der Waals surface area contributed by atoms with Crippen LogP contribution in [-0.2, 0) is 4.74 Å². The van der Waals surface area contributed by atoms with Gasteiger partial charge >= 0.3 is 5.97 Å². The van der Waals surface area contributed by atoms with Crippen molar-refractivity contribution < 1.29 is 14.3 Å².